The van der Waals surface area contributed by atoms with Crippen LogP contribution in [0.2, 0.25) is 0 Å². The Morgan fingerprint density at radius 2 is 2.00 bits per heavy atom. The maximum Gasteiger partial charge on any atom is 0.246 e. The topological polar surface area (TPSA) is 46.3 Å². The molecule has 1 aliphatic rings. The van der Waals surface area contributed by atoms with Crippen molar-refractivity contribution in [3.8, 4) is 0 Å². The number of carbonyl (C=O) groups is 1. The molecule has 1 saturated carbocycles. The van der Waals surface area contributed by atoms with Gasteiger partial charge in [0.2, 0.25) is 5.91 Å². The molecule has 1 amide bonds. The quantitative estimate of drug-likeness (QED) is 0.466. The zero-order valence-corrected chi connectivity index (χ0v) is 10.1. The summed E-state index contributed by atoms with van der Waals surface area (Å²) in [5.41, 5.74) is 3.22. The molecule has 86 valence electrons. The molecule has 0 atom stereocenters. The minimum atomic E-state index is -0.332. The van der Waals surface area contributed by atoms with E-state index in [2.05, 4.69) is 32.0 Å². The Morgan fingerprint density at radius 3 is 2.44 bits per heavy atom. The zero-order chi connectivity index (χ0) is 11.9. The van der Waals surface area contributed by atoms with Crippen LogP contribution in [0.4, 0.5) is 0 Å². The number of hydrazine groups is 1. The van der Waals surface area contributed by atoms with Crippen LogP contribution in [0.15, 0.2) is 18.2 Å². The zero-order valence-electron chi connectivity index (χ0n) is 10.1. The smallest absolute Gasteiger partial charge is 0.246 e. The summed E-state index contributed by atoms with van der Waals surface area (Å²) in [6.07, 6.45) is 1.83. The van der Waals surface area contributed by atoms with Gasteiger partial charge in [0.05, 0.1) is 5.41 Å². The first-order chi connectivity index (χ1) is 7.47. The summed E-state index contributed by atoms with van der Waals surface area (Å²) in [5.74, 6) is 5.59. The average molecular weight is 218 g/mol. The van der Waals surface area contributed by atoms with Gasteiger partial charge in [-0.3, -0.25) is 9.80 Å². The second-order valence-corrected chi connectivity index (χ2v) is 4.82. The largest absolute Gasteiger partial charge is 0.283 e. The molecule has 1 fully saturated rings. The SMILES string of the molecule is Cc1ccc(C2(C(=O)N(C)N)CC2)c(C)c1. The van der Waals surface area contributed by atoms with Gasteiger partial charge in [-0.05, 0) is 37.8 Å². The van der Waals surface area contributed by atoms with E-state index in [1.165, 1.54) is 16.1 Å². The molecule has 3 heteroatoms. The molecule has 2 N–H and O–H groups in total. The van der Waals surface area contributed by atoms with Gasteiger partial charge in [0.1, 0.15) is 0 Å². The van der Waals surface area contributed by atoms with E-state index in [1.54, 1.807) is 7.05 Å². The van der Waals surface area contributed by atoms with E-state index in [-0.39, 0.29) is 11.3 Å². The fourth-order valence-electron chi connectivity index (χ4n) is 2.41. The number of nitrogens with zero attached hydrogens (tertiary/aromatic N) is 1. The molecule has 0 radical (unpaired) electrons. The minimum absolute atomic E-state index is 0.0273. The maximum atomic E-state index is 12.1. The summed E-state index contributed by atoms with van der Waals surface area (Å²) in [5, 5.41) is 1.21. The fourth-order valence-corrected chi connectivity index (χ4v) is 2.41. The van der Waals surface area contributed by atoms with Gasteiger partial charge in [-0.2, -0.15) is 0 Å². The van der Waals surface area contributed by atoms with E-state index in [1.807, 2.05) is 0 Å². The van der Waals surface area contributed by atoms with E-state index in [9.17, 15) is 4.79 Å². The third kappa shape index (κ3) is 1.61. The molecule has 3 nitrogen and oxygen atoms in total. The van der Waals surface area contributed by atoms with Gasteiger partial charge >= 0.3 is 0 Å². The number of carbonyl (C=O) groups excluding carboxylic acids is 1. The van der Waals surface area contributed by atoms with E-state index in [0.717, 1.165) is 18.4 Å². The van der Waals surface area contributed by atoms with Crippen molar-refractivity contribution in [1.82, 2.24) is 5.01 Å². The summed E-state index contributed by atoms with van der Waals surface area (Å²) in [6, 6.07) is 6.25. The summed E-state index contributed by atoms with van der Waals surface area (Å²) in [7, 11) is 1.62. The van der Waals surface area contributed by atoms with Crippen molar-refractivity contribution < 1.29 is 4.79 Å². The lowest BCUT2D eigenvalue weighted by Crippen LogP contribution is -2.41. The second kappa shape index (κ2) is 3.59. The second-order valence-electron chi connectivity index (χ2n) is 4.82. The lowest BCUT2D eigenvalue weighted by Gasteiger charge is -2.21. The van der Waals surface area contributed by atoms with E-state index >= 15 is 0 Å². The van der Waals surface area contributed by atoms with Crippen molar-refractivity contribution in [2.45, 2.75) is 32.1 Å². The highest BCUT2D eigenvalue weighted by molar-refractivity contribution is 5.91. The highest BCUT2D eigenvalue weighted by atomic mass is 16.2. The van der Waals surface area contributed by atoms with Gasteiger partial charge in [-0.1, -0.05) is 23.8 Å². The molecule has 2 rings (SSSR count). The van der Waals surface area contributed by atoms with Crippen molar-refractivity contribution in [3.63, 3.8) is 0 Å². The molecule has 0 unspecified atom stereocenters. The molecule has 16 heavy (non-hydrogen) atoms. The van der Waals surface area contributed by atoms with Crippen LogP contribution in [0.5, 0.6) is 0 Å². The molecule has 1 aliphatic carbocycles. The van der Waals surface area contributed by atoms with E-state index < -0.39 is 0 Å². The predicted octanol–water partition coefficient (Wildman–Crippen LogP) is 1.67. The Kier molecular flexibility index (Phi) is 2.50. The van der Waals surface area contributed by atoms with E-state index in [4.69, 9.17) is 5.84 Å². The molecule has 0 saturated heterocycles. The van der Waals surface area contributed by atoms with Crippen LogP contribution >= 0.6 is 0 Å². The van der Waals surface area contributed by atoms with Crippen molar-refractivity contribution in [2.75, 3.05) is 7.05 Å². The standard InChI is InChI=1S/C13H18N2O/c1-9-4-5-11(10(2)8-9)13(6-7-13)12(16)15(3)14/h4-5,8H,6-7,14H2,1-3H3. The maximum absolute atomic E-state index is 12.1. The number of amides is 1. The Bertz CT molecular complexity index is 434. The normalized spacial score (nSPS) is 17.0. The first-order valence-corrected chi connectivity index (χ1v) is 5.58. The lowest BCUT2D eigenvalue weighted by molar-refractivity contribution is -0.132. The van der Waals surface area contributed by atoms with Crippen LogP contribution in [0.1, 0.15) is 29.5 Å². The molecular formula is C13H18N2O. The minimum Gasteiger partial charge on any atom is -0.283 e. The molecule has 0 bridgehead atoms. The Balaban J connectivity index is 2.41. The third-order valence-corrected chi connectivity index (χ3v) is 3.38. The van der Waals surface area contributed by atoms with Crippen LogP contribution in [0, 0.1) is 13.8 Å². The first-order valence-electron chi connectivity index (χ1n) is 5.58. The van der Waals surface area contributed by atoms with Crippen LogP contribution in [0.3, 0.4) is 0 Å². The number of benzene rings is 1. The van der Waals surface area contributed by atoms with Crippen molar-refractivity contribution in [1.29, 1.82) is 0 Å². The Labute approximate surface area is 96.2 Å². The molecule has 0 aliphatic heterocycles. The van der Waals surface area contributed by atoms with Crippen molar-refractivity contribution >= 4 is 5.91 Å². The number of hydrogen-bond acceptors (Lipinski definition) is 2. The molecule has 1 aromatic carbocycles. The molecular weight excluding hydrogens is 200 g/mol. The molecule has 0 spiro atoms. The van der Waals surface area contributed by atoms with Crippen LogP contribution in [0.25, 0.3) is 0 Å². The summed E-state index contributed by atoms with van der Waals surface area (Å²) < 4.78 is 0. The number of aryl methyl sites for hydroxylation is 2. The first kappa shape index (κ1) is 11.1. The van der Waals surface area contributed by atoms with Gasteiger partial charge in [0, 0.05) is 7.05 Å². The lowest BCUT2D eigenvalue weighted by atomic mass is 9.90. The van der Waals surface area contributed by atoms with Crippen molar-refractivity contribution in [3.05, 3.63) is 34.9 Å². The van der Waals surface area contributed by atoms with Crippen LogP contribution < -0.4 is 5.84 Å². The van der Waals surface area contributed by atoms with Crippen molar-refractivity contribution in [2.24, 2.45) is 5.84 Å². The third-order valence-electron chi connectivity index (χ3n) is 3.38. The molecule has 1 aromatic rings. The van der Waals surface area contributed by atoms with Crippen LogP contribution in [-0.4, -0.2) is 18.0 Å². The monoisotopic (exact) mass is 218 g/mol. The molecule has 0 heterocycles. The summed E-state index contributed by atoms with van der Waals surface area (Å²) >= 11 is 0. The van der Waals surface area contributed by atoms with Crippen LogP contribution in [-0.2, 0) is 10.2 Å². The fraction of sp³-hybridized carbons (Fsp3) is 0.462. The highest BCUT2D eigenvalue weighted by Crippen LogP contribution is 2.50. The average Bonchev–Trinajstić information content (AvgIpc) is 2.97. The Hall–Kier alpha value is -1.35. The number of nitrogens with two attached hydrogens (primary N) is 1. The Morgan fingerprint density at radius 1 is 1.38 bits per heavy atom. The van der Waals surface area contributed by atoms with Gasteiger partial charge in [-0.15, -0.1) is 0 Å². The van der Waals surface area contributed by atoms with Gasteiger partial charge in [0.25, 0.3) is 0 Å². The highest BCUT2D eigenvalue weighted by Gasteiger charge is 2.52. The number of likely N-dealkylation sites (N-methyl/N-ethyl adjacent to an activating group) is 1. The predicted molar refractivity (Wildman–Crippen MR) is 63.8 cm³/mol. The van der Waals surface area contributed by atoms with Gasteiger partial charge in [-0.25, -0.2) is 5.84 Å². The summed E-state index contributed by atoms with van der Waals surface area (Å²) in [6.45, 7) is 4.12. The number of hydrogen-bond donors (Lipinski definition) is 1. The van der Waals surface area contributed by atoms with E-state index in [0.29, 0.717) is 0 Å². The van der Waals surface area contributed by atoms with Gasteiger partial charge < -0.3 is 0 Å². The number of rotatable bonds is 2. The summed E-state index contributed by atoms with van der Waals surface area (Å²) in [4.78, 5) is 12.1. The van der Waals surface area contributed by atoms with Gasteiger partial charge in [0.15, 0.2) is 0 Å². The molecule has 0 aromatic heterocycles.